The molecule has 0 radical (unpaired) electrons. The summed E-state index contributed by atoms with van der Waals surface area (Å²) < 4.78 is 0. The lowest BCUT2D eigenvalue weighted by Gasteiger charge is -1.99. The van der Waals surface area contributed by atoms with Crippen LogP contribution in [-0.2, 0) is 0 Å². The summed E-state index contributed by atoms with van der Waals surface area (Å²) in [6, 6.07) is 12.4. The van der Waals surface area contributed by atoms with Crippen LogP contribution in [0, 0.1) is 19.3 Å². The summed E-state index contributed by atoms with van der Waals surface area (Å²) in [5, 5.41) is 2.46. The zero-order valence-electron chi connectivity index (χ0n) is 7.54. The summed E-state index contributed by atoms with van der Waals surface area (Å²) in [6.45, 7) is 2.09. The van der Waals surface area contributed by atoms with Gasteiger partial charge >= 0.3 is 0 Å². The second-order valence-corrected chi connectivity index (χ2v) is 3.21. The zero-order chi connectivity index (χ0) is 9.26. The van der Waals surface area contributed by atoms with E-state index in [9.17, 15) is 0 Å². The SMILES string of the molecule is C#Cc1ccc2cc(C)ccc2c1. The molecular formula is C13H10. The van der Waals surface area contributed by atoms with E-state index in [0.717, 1.165) is 5.56 Å². The number of terminal acetylenes is 1. The molecule has 0 aliphatic rings. The average molecular weight is 166 g/mol. The Hall–Kier alpha value is -1.74. The Morgan fingerprint density at radius 2 is 1.69 bits per heavy atom. The molecule has 13 heavy (non-hydrogen) atoms. The van der Waals surface area contributed by atoms with Crippen molar-refractivity contribution in [3.63, 3.8) is 0 Å². The summed E-state index contributed by atoms with van der Waals surface area (Å²) in [6.07, 6.45) is 5.32. The first-order valence-corrected chi connectivity index (χ1v) is 4.26. The molecule has 0 aromatic heterocycles. The van der Waals surface area contributed by atoms with Gasteiger partial charge in [0.15, 0.2) is 0 Å². The molecule has 2 aromatic carbocycles. The number of rotatable bonds is 0. The van der Waals surface area contributed by atoms with Crippen molar-refractivity contribution in [2.24, 2.45) is 0 Å². The van der Waals surface area contributed by atoms with Gasteiger partial charge in [-0.2, -0.15) is 0 Å². The summed E-state index contributed by atoms with van der Waals surface area (Å²) in [4.78, 5) is 0. The monoisotopic (exact) mass is 166 g/mol. The predicted molar refractivity (Wildman–Crippen MR) is 56.6 cm³/mol. The second-order valence-electron chi connectivity index (χ2n) is 3.21. The van der Waals surface area contributed by atoms with Crippen molar-refractivity contribution < 1.29 is 0 Å². The molecule has 0 heterocycles. The number of fused-ring (bicyclic) bond motifs is 1. The highest BCUT2D eigenvalue weighted by Gasteiger charge is 1.94. The van der Waals surface area contributed by atoms with Gasteiger partial charge < -0.3 is 0 Å². The van der Waals surface area contributed by atoms with Crippen molar-refractivity contribution >= 4 is 10.8 Å². The van der Waals surface area contributed by atoms with Crippen LogP contribution in [-0.4, -0.2) is 0 Å². The molecular weight excluding hydrogens is 156 g/mol. The molecule has 0 saturated heterocycles. The Balaban J connectivity index is 2.75. The molecule has 0 atom stereocenters. The standard InChI is InChI=1S/C13H10/c1-3-11-5-7-12-8-10(2)4-6-13(12)9-11/h1,4-9H,2H3. The van der Waals surface area contributed by atoms with Crippen LogP contribution in [0.15, 0.2) is 36.4 Å². The Morgan fingerprint density at radius 1 is 1.00 bits per heavy atom. The molecule has 0 aliphatic carbocycles. The van der Waals surface area contributed by atoms with Crippen molar-refractivity contribution in [2.75, 3.05) is 0 Å². The molecule has 0 bridgehead atoms. The molecule has 2 rings (SSSR count). The number of benzene rings is 2. The first-order chi connectivity index (χ1) is 6.29. The lowest BCUT2D eigenvalue weighted by Crippen LogP contribution is -1.77. The minimum absolute atomic E-state index is 0.941. The normalized spacial score (nSPS) is 9.85. The van der Waals surface area contributed by atoms with Gasteiger partial charge in [-0.05, 0) is 29.8 Å². The van der Waals surface area contributed by atoms with Crippen LogP contribution in [0.5, 0.6) is 0 Å². The van der Waals surface area contributed by atoms with Crippen LogP contribution in [0.1, 0.15) is 11.1 Å². The van der Waals surface area contributed by atoms with Gasteiger partial charge in [-0.3, -0.25) is 0 Å². The first kappa shape index (κ1) is 7.89. The van der Waals surface area contributed by atoms with Gasteiger partial charge in [0.25, 0.3) is 0 Å². The minimum atomic E-state index is 0.941. The fourth-order valence-electron chi connectivity index (χ4n) is 1.45. The smallest absolute Gasteiger partial charge is 0.0248 e. The van der Waals surface area contributed by atoms with E-state index < -0.39 is 0 Å². The summed E-state index contributed by atoms with van der Waals surface area (Å²) in [5.41, 5.74) is 2.22. The highest BCUT2D eigenvalue weighted by Crippen LogP contribution is 2.16. The molecule has 0 fully saturated rings. The average Bonchev–Trinajstić information content (AvgIpc) is 2.17. The van der Waals surface area contributed by atoms with Crippen LogP contribution in [0.4, 0.5) is 0 Å². The third kappa shape index (κ3) is 1.41. The summed E-state index contributed by atoms with van der Waals surface area (Å²) in [7, 11) is 0. The van der Waals surface area contributed by atoms with E-state index in [0.29, 0.717) is 0 Å². The van der Waals surface area contributed by atoms with Crippen LogP contribution >= 0.6 is 0 Å². The Labute approximate surface area is 78.2 Å². The summed E-state index contributed by atoms with van der Waals surface area (Å²) >= 11 is 0. The van der Waals surface area contributed by atoms with Crippen molar-refractivity contribution in [3.8, 4) is 12.3 Å². The van der Waals surface area contributed by atoms with Gasteiger partial charge in [0.1, 0.15) is 0 Å². The first-order valence-electron chi connectivity index (χ1n) is 4.26. The molecule has 0 unspecified atom stereocenters. The van der Waals surface area contributed by atoms with Crippen LogP contribution in [0.3, 0.4) is 0 Å². The fourth-order valence-corrected chi connectivity index (χ4v) is 1.45. The summed E-state index contributed by atoms with van der Waals surface area (Å²) in [5.74, 6) is 2.63. The highest BCUT2D eigenvalue weighted by molar-refractivity contribution is 5.84. The van der Waals surface area contributed by atoms with Gasteiger partial charge in [0.2, 0.25) is 0 Å². The molecule has 0 aliphatic heterocycles. The highest BCUT2D eigenvalue weighted by atomic mass is 14.0. The molecule has 0 amide bonds. The molecule has 0 spiro atoms. The lowest BCUT2D eigenvalue weighted by atomic mass is 10.1. The van der Waals surface area contributed by atoms with Gasteiger partial charge in [0.05, 0.1) is 0 Å². The third-order valence-electron chi connectivity index (χ3n) is 2.16. The minimum Gasteiger partial charge on any atom is -0.115 e. The number of hydrogen-bond acceptors (Lipinski definition) is 0. The van der Waals surface area contributed by atoms with Crippen LogP contribution < -0.4 is 0 Å². The molecule has 0 N–H and O–H groups in total. The maximum absolute atomic E-state index is 5.32. The largest absolute Gasteiger partial charge is 0.115 e. The predicted octanol–water partition coefficient (Wildman–Crippen LogP) is 3.13. The molecule has 2 aromatic rings. The maximum Gasteiger partial charge on any atom is 0.0248 e. The van der Waals surface area contributed by atoms with Crippen LogP contribution in [0.25, 0.3) is 10.8 Å². The topological polar surface area (TPSA) is 0 Å². The Bertz CT molecular complexity index is 487. The number of aryl methyl sites for hydroxylation is 1. The van der Waals surface area contributed by atoms with Gasteiger partial charge in [-0.25, -0.2) is 0 Å². The van der Waals surface area contributed by atoms with Crippen LogP contribution in [0.2, 0.25) is 0 Å². The van der Waals surface area contributed by atoms with E-state index in [-0.39, 0.29) is 0 Å². The van der Waals surface area contributed by atoms with E-state index >= 15 is 0 Å². The van der Waals surface area contributed by atoms with E-state index in [1.165, 1.54) is 16.3 Å². The van der Waals surface area contributed by atoms with E-state index in [4.69, 9.17) is 6.42 Å². The van der Waals surface area contributed by atoms with Gasteiger partial charge in [0, 0.05) is 5.56 Å². The van der Waals surface area contributed by atoms with Crippen molar-refractivity contribution in [1.82, 2.24) is 0 Å². The van der Waals surface area contributed by atoms with Crippen molar-refractivity contribution in [1.29, 1.82) is 0 Å². The van der Waals surface area contributed by atoms with Crippen molar-refractivity contribution in [2.45, 2.75) is 6.92 Å². The zero-order valence-corrected chi connectivity index (χ0v) is 7.54. The van der Waals surface area contributed by atoms with E-state index in [2.05, 4.69) is 37.1 Å². The van der Waals surface area contributed by atoms with Crippen molar-refractivity contribution in [3.05, 3.63) is 47.5 Å². The Morgan fingerprint density at radius 3 is 2.46 bits per heavy atom. The second kappa shape index (κ2) is 2.95. The third-order valence-corrected chi connectivity index (χ3v) is 2.16. The quantitative estimate of drug-likeness (QED) is 0.527. The maximum atomic E-state index is 5.32. The van der Waals surface area contributed by atoms with E-state index in [1.54, 1.807) is 0 Å². The molecule has 0 nitrogen and oxygen atoms in total. The lowest BCUT2D eigenvalue weighted by molar-refractivity contribution is 1.50. The molecule has 62 valence electrons. The molecule has 0 saturated carbocycles. The number of hydrogen-bond donors (Lipinski definition) is 0. The fraction of sp³-hybridized carbons (Fsp3) is 0.0769. The van der Waals surface area contributed by atoms with Gasteiger partial charge in [-0.15, -0.1) is 6.42 Å². The van der Waals surface area contributed by atoms with E-state index in [1.807, 2.05) is 12.1 Å². The Kier molecular flexibility index (Phi) is 1.79. The molecule has 0 heteroatoms. The van der Waals surface area contributed by atoms with Gasteiger partial charge in [-0.1, -0.05) is 35.7 Å².